The normalized spacial score (nSPS) is 12.3. The summed E-state index contributed by atoms with van der Waals surface area (Å²) in [5.74, 6) is -0.286. The molecule has 0 aliphatic heterocycles. The van der Waals surface area contributed by atoms with Crippen LogP contribution in [0.5, 0.6) is 0 Å². The van der Waals surface area contributed by atoms with Gasteiger partial charge < -0.3 is 25.4 Å². The number of hydrogen-bond acceptors (Lipinski definition) is 5. The standard InChI is InChI=1S/C30H43N3O5/c1-29(2,3)24-17-15-22(16-18-24)20-32-26(34)25(33-28(36)38-30(4,5)6)14-10-11-19-31-27(35)37-21-23-12-8-7-9-13-23/h7-9,12-13,15-18,25H,10-11,14,19-21H2,1-6H3,(H,31,35)(H,32,34)(H,33,36). The number of alkyl carbamates (subject to hydrolysis) is 2. The lowest BCUT2D eigenvalue weighted by molar-refractivity contribution is -0.123. The van der Waals surface area contributed by atoms with E-state index in [1.165, 1.54) is 5.56 Å². The summed E-state index contributed by atoms with van der Waals surface area (Å²) in [6.45, 7) is 12.7. The zero-order valence-electron chi connectivity index (χ0n) is 23.6. The number of rotatable bonds is 11. The highest BCUT2D eigenvalue weighted by Gasteiger charge is 2.24. The van der Waals surface area contributed by atoms with E-state index < -0.39 is 23.8 Å². The Morgan fingerprint density at radius 1 is 0.789 bits per heavy atom. The van der Waals surface area contributed by atoms with Crippen molar-refractivity contribution in [2.75, 3.05) is 6.54 Å². The molecule has 0 saturated heterocycles. The van der Waals surface area contributed by atoms with Crippen molar-refractivity contribution in [3.63, 3.8) is 0 Å². The van der Waals surface area contributed by atoms with Crippen molar-refractivity contribution in [1.82, 2.24) is 16.0 Å². The van der Waals surface area contributed by atoms with Crippen LogP contribution in [0.2, 0.25) is 0 Å². The Hall–Kier alpha value is -3.55. The van der Waals surface area contributed by atoms with Crippen LogP contribution in [0.3, 0.4) is 0 Å². The highest BCUT2D eigenvalue weighted by atomic mass is 16.6. The molecule has 8 heteroatoms. The lowest BCUT2D eigenvalue weighted by Crippen LogP contribution is -2.48. The van der Waals surface area contributed by atoms with Crippen molar-refractivity contribution in [1.29, 1.82) is 0 Å². The molecule has 3 amide bonds. The highest BCUT2D eigenvalue weighted by molar-refractivity contribution is 5.85. The molecule has 2 aromatic rings. The number of amides is 3. The first-order valence-electron chi connectivity index (χ1n) is 13.1. The molecule has 0 fully saturated rings. The Morgan fingerprint density at radius 2 is 1.45 bits per heavy atom. The van der Waals surface area contributed by atoms with E-state index >= 15 is 0 Å². The van der Waals surface area contributed by atoms with Gasteiger partial charge in [0, 0.05) is 13.1 Å². The van der Waals surface area contributed by atoms with Gasteiger partial charge in [0.05, 0.1) is 0 Å². The zero-order valence-corrected chi connectivity index (χ0v) is 23.6. The van der Waals surface area contributed by atoms with E-state index in [0.717, 1.165) is 11.1 Å². The smallest absolute Gasteiger partial charge is 0.408 e. The molecule has 0 spiro atoms. The molecule has 0 radical (unpaired) electrons. The molecular formula is C30H43N3O5. The first-order chi connectivity index (χ1) is 17.8. The molecule has 3 N–H and O–H groups in total. The number of benzene rings is 2. The maximum atomic E-state index is 13.0. The van der Waals surface area contributed by atoms with Gasteiger partial charge in [0.25, 0.3) is 0 Å². The molecule has 0 heterocycles. The van der Waals surface area contributed by atoms with Gasteiger partial charge in [-0.2, -0.15) is 0 Å². The number of unbranched alkanes of at least 4 members (excludes halogenated alkanes) is 1. The molecule has 0 saturated carbocycles. The van der Waals surface area contributed by atoms with Gasteiger partial charge in [-0.05, 0) is 62.1 Å². The maximum absolute atomic E-state index is 13.0. The number of nitrogens with one attached hydrogen (secondary N) is 3. The number of carbonyl (C=O) groups excluding carboxylic acids is 3. The number of carbonyl (C=O) groups is 3. The van der Waals surface area contributed by atoms with Crippen molar-refractivity contribution in [2.45, 2.75) is 91.0 Å². The Bertz CT molecular complexity index is 1020. The van der Waals surface area contributed by atoms with Crippen LogP contribution < -0.4 is 16.0 Å². The Labute approximate surface area is 226 Å². The average molecular weight is 526 g/mol. The largest absolute Gasteiger partial charge is 0.445 e. The predicted octanol–water partition coefficient (Wildman–Crippen LogP) is 5.59. The van der Waals surface area contributed by atoms with Crippen molar-refractivity contribution in [2.24, 2.45) is 0 Å². The van der Waals surface area contributed by atoms with Crippen molar-refractivity contribution >= 4 is 18.1 Å². The molecule has 0 aliphatic carbocycles. The molecule has 208 valence electrons. The van der Waals surface area contributed by atoms with Gasteiger partial charge in [-0.1, -0.05) is 75.4 Å². The molecular weight excluding hydrogens is 482 g/mol. The molecule has 0 aromatic heterocycles. The number of ether oxygens (including phenoxy) is 2. The van der Waals surface area contributed by atoms with Crippen LogP contribution in [-0.2, 0) is 32.8 Å². The minimum atomic E-state index is -0.760. The summed E-state index contributed by atoms with van der Waals surface area (Å²) in [7, 11) is 0. The van der Waals surface area contributed by atoms with Gasteiger partial charge in [-0.3, -0.25) is 4.79 Å². The maximum Gasteiger partial charge on any atom is 0.408 e. The van der Waals surface area contributed by atoms with E-state index in [1.54, 1.807) is 20.8 Å². The minimum Gasteiger partial charge on any atom is -0.445 e. The Kier molecular flexibility index (Phi) is 11.6. The molecule has 0 aliphatic rings. The quantitative estimate of drug-likeness (QED) is 0.332. The summed E-state index contributed by atoms with van der Waals surface area (Å²) in [5, 5.41) is 8.33. The third-order valence-electron chi connectivity index (χ3n) is 5.70. The van der Waals surface area contributed by atoms with Crippen molar-refractivity contribution in [3.05, 3.63) is 71.3 Å². The van der Waals surface area contributed by atoms with Crippen LogP contribution in [0.1, 0.15) is 77.5 Å². The van der Waals surface area contributed by atoms with E-state index in [4.69, 9.17) is 9.47 Å². The van der Waals surface area contributed by atoms with E-state index in [9.17, 15) is 14.4 Å². The van der Waals surface area contributed by atoms with Gasteiger partial charge in [-0.25, -0.2) is 9.59 Å². The summed E-state index contributed by atoms with van der Waals surface area (Å²) in [6, 6.07) is 16.8. The second kappa shape index (κ2) is 14.4. The number of hydrogen-bond donors (Lipinski definition) is 3. The molecule has 2 rings (SSSR count). The summed E-state index contributed by atoms with van der Waals surface area (Å²) in [6.07, 6.45) is 0.485. The highest BCUT2D eigenvalue weighted by Crippen LogP contribution is 2.22. The molecule has 8 nitrogen and oxygen atoms in total. The van der Waals surface area contributed by atoms with Gasteiger partial charge in [0.15, 0.2) is 0 Å². The molecule has 0 bridgehead atoms. The second-order valence-electron chi connectivity index (χ2n) is 11.3. The molecule has 1 atom stereocenters. The van der Waals surface area contributed by atoms with Gasteiger partial charge >= 0.3 is 12.2 Å². The molecule has 2 aromatic carbocycles. The average Bonchev–Trinajstić information content (AvgIpc) is 2.84. The summed E-state index contributed by atoms with van der Waals surface area (Å²) >= 11 is 0. The van der Waals surface area contributed by atoms with Gasteiger partial charge in [0.2, 0.25) is 5.91 Å². The Balaban J connectivity index is 1.83. The second-order valence-corrected chi connectivity index (χ2v) is 11.3. The van der Waals surface area contributed by atoms with Crippen molar-refractivity contribution in [3.8, 4) is 0 Å². The van der Waals surface area contributed by atoms with Crippen molar-refractivity contribution < 1.29 is 23.9 Å². The fraction of sp³-hybridized carbons (Fsp3) is 0.500. The van der Waals surface area contributed by atoms with E-state index in [1.807, 2.05) is 42.5 Å². The fourth-order valence-electron chi connectivity index (χ4n) is 3.59. The van der Waals surface area contributed by atoms with Gasteiger partial charge in [-0.15, -0.1) is 0 Å². The van der Waals surface area contributed by atoms with Crippen LogP contribution in [0.4, 0.5) is 9.59 Å². The molecule has 1 unspecified atom stereocenters. The van der Waals surface area contributed by atoms with Crippen LogP contribution in [0, 0.1) is 0 Å². The summed E-state index contributed by atoms with van der Waals surface area (Å²) in [5.41, 5.74) is 2.48. The Morgan fingerprint density at radius 3 is 2.05 bits per heavy atom. The molecule has 38 heavy (non-hydrogen) atoms. The first kappa shape index (κ1) is 30.7. The summed E-state index contributed by atoms with van der Waals surface area (Å²) < 4.78 is 10.5. The topological polar surface area (TPSA) is 106 Å². The third-order valence-corrected chi connectivity index (χ3v) is 5.70. The lowest BCUT2D eigenvalue weighted by atomic mass is 9.87. The minimum absolute atomic E-state index is 0.0533. The zero-order chi connectivity index (χ0) is 28.2. The fourth-order valence-corrected chi connectivity index (χ4v) is 3.59. The van der Waals surface area contributed by atoms with Crippen LogP contribution in [0.15, 0.2) is 54.6 Å². The first-order valence-corrected chi connectivity index (χ1v) is 13.1. The third kappa shape index (κ3) is 12.1. The van der Waals surface area contributed by atoms with Crippen LogP contribution in [0.25, 0.3) is 0 Å². The monoisotopic (exact) mass is 525 g/mol. The van der Waals surface area contributed by atoms with Gasteiger partial charge in [0.1, 0.15) is 18.2 Å². The predicted molar refractivity (Wildman–Crippen MR) is 149 cm³/mol. The van der Waals surface area contributed by atoms with E-state index in [0.29, 0.717) is 32.4 Å². The van der Waals surface area contributed by atoms with Crippen LogP contribution >= 0.6 is 0 Å². The van der Waals surface area contributed by atoms with E-state index in [2.05, 4.69) is 48.9 Å². The van der Waals surface area contributed by atoms with E-state index in [-0.39, 0.29) is 17.9 Å². The SMILES string of the molecule is CC(C)(C)OC(=O)NC(CCCCNC(=O)OCc1ccccc1)C(=O)NCc1ccc(C(C)(C)C)cc1. The van der Waals surface area contributed by atoms with Crippen LogP contribution in [-0.4, -0.2) is 36.3 Å². The summed E-state index contributed by atoms with van der Waals surface area (Å²) in [4.78, 5) is 37.2. The lowest BCUT2D eigenvalue weighted by Gasteiger charge is -2.23.